The number of carbonyl (C=O) groups is 2. The summed E-state index contributed by atoms with van der Waals surface area (Å²) in [5, 5.41) is 10.7. The molecule has 5 rings (SSSR count). The number of benzene rings is 1. The molecule has 0 saturated carbocycles. The van der Waals surface area contributed by atoms with E-state index in [0.717, 1.165) is 54.7 Å². The number of nitrogens with one attached hydrogen (secondary N) is 2. The van der Waals surface area contributed by atoms with Crippen LogP contribution in [0.2, 0.25) is 0 Å². The number of aromatic amines is 1. The topological polar surface area (TPSA) is 107 Å². The summed E-state index contributed by atoms with van der Waals surface area (Å²) in [6.07, 6.45) is 7.23. The summed E-state index contributed by atoms with van der Waals surface area (Å²) in [7, 11) is 4.03. The van der Waals surface area contributed by atoms with E-state index in [1.165, 1.54) is 6.20 Å². The second kappa shape index (κ2) is 9.63. The Morgan fingerprint density at radius 2 is 1.86 bits per heavy atom. The van der Waals surface area contributed by atoms with E-state index in [1.807, 2.05) is 44.7 Å². The first-order valence-corrected chi connectivity index (χ1v) is 11.6. The lowest BCUT2D eigenvalue weighted by Gasteiger charge is -2.14. The molecule has 3 aromatic heterocycles. The fraction of sp³-hybridized carbons (Fsp3) is 0.269. The van der Waals surface area contributed by atoms with Crippen molar-refractivity contribution in [1.82, 2.24) is 30.0 Å². The number of hydrogen-bond acceptors (Lipinski definition) is 6. The minimum atomic E-state index is -0.353. The molecular weight excluding hydrogens is 442 g/mol. The fourth-order valence-electron chi connectivity index (χ4n) is 4.33. The van der Waals surface area contributed by atoms with Crippen molar-refractivity contribution in [2.75, 3.05) is 32.5 Å². The van der Waals surface area contributed by atoms with Crippen LogP contribution >= 0.6 is 0 Å². The van der Waals surface area contributed by atoms with Crippen LogP contribution in [-0.4, -0.2) is 69.0 Å². The molecule has 0 unspecified atom stereocenters. The number of hydrogen-bond donors (Lipinski definition) is 2. The Morgan fingerprint density at radius 3 is 2.60 bits per heavy atom. The average molecular weight is 470 g/mol. The molecule has 1 aliphatic rings. The maximum atomic E-state index is 13.0. The van der Waals surface area contributed by atoms with Crippen LogP contribution in [0.3, 0.4) is 0 Å². The van der Waals surface area contributed by atoms with Crippen LogP contribution in [0.1, 0.15) is 39.4 Å². The molecule has 1 aromatic carbocycles. The van der Waals surface area contributed by atoms with Gasteiger partial charge in [-0.15, -0.1) is 0 Å². The number of carbonyl (C=O) groups excluding carboxylic acids is 2. The van der Waals surface area contributed by atoms with Crippen LogP contribution in [0.4, 0.5) is 5.69 Å². The molecule has 0 radical (unpaired) electrons. The van der Waals surface area contributed by atoms with Crippen molar-refractivity contribution < 1.29 is 9.59 Å². The van der Waals surface area contributed by atoms with Gasteiger partial charge in [-0.25, -0.2) is 4.98 Å². The van der Waals surface area contributed by atoms with Crippen LogP contribution in [0, 0.1) is 0 Å². The zero-order valence-corrected chi connectivity index (χ0v) is 19.8. The van der Waals surface area contributed by atoms with Gasteiger partial charge in [-0.05, 0) is 68.4 Å². The van der Waals surface area contributed by atoms with Crippen molar-refractivity contribution in [3.8, 4) is 11.1 Å². The predicted molar refractivity (Wildman–Crippen MR) is 134 cm³/mol. The Kier molecular flexibility index (Phi) is 6.24. The summed E-state index contributed by atoms with van der Waals surface area (Å²) < 4.78 is 0. The molecule has 4 heterocycles. The Bertz CT molecular complexity index is 1370. The van der Waals surface area contributed by atoms with Crippen molar-refractivity contribution in [2.45, 2.75) is 19.4 Å². The minimum Gasteiger partial charge on any atom is -0.337 e. The van der Waals surface area contributed by atoms with Crippen molar-refractivity contribution in [1.29, 1.82) is 0 Å². The molecule has 0 atom stereocenters. The second-order valence-corrected chi connectivity index (χ2v) is 9.04. The zero-order valence-electron chi connectivity index (χ0n) is 19.8. The number of nitrogens with zero attached hydrogens (tertiary/aromatic N) is 5. The summed E-state index contributed by atoms with van der Waals surface area (Å²) in [5.41, 5.74) is 4.97. The van der Waals surface area contributed by atoms with Gasteiger partial charge in [0.1, 0.15) is 5.69 Å². The van der Waals surface area contributed by atoms with E-state index in [0.29, 0.717) is 16.8 Å². The maximum absolute atomic E-state index is 13.0. The highest BCUT2D eigenvalue weighted by Gasteiger charge is 2.21. The number of likely N-dealkylation sites (tertiary alicyclic amines) is 1. The Balaban J connectivity index is 1.35. The van der Waals surface area contributed by atoms with Crippen LogP contribution < -0.4 is 5.32 Å². The van der Waals surface area contributed by atoms with Gasteiger partial charge in [0.2, 0.25) is 0 Å². The minimum absolute atomic E-state index is 0.0738. The molecule has 0 spiro atoms. The second-order valence-electron chi connectivity index (χ2n) is 9.04. The number of fused-ring (bicyclic) bond motifs is 1. The number of anilines is 1. The molecule has 2 amide bonds. The van der Waals surface area contributed by atoms with Crippen LogP contribution in [-0.2, 0) is 6.54 Å². The number of aromatic nitrogens is 4. The first kappa shape index (κ1) is 22.7. The van der Waals surface area contributed by atoms with Gasteiger partial charge >= 0.3 is 0 Å². The van der Waals surface area contributed by atoms with Gasteiger partial charge in [0.15, 0.2) is 5.69 Å². The lowest BCUT2D eigenvalue weighted by atomic mass is 10.0. The van der Waals surface area contributed by atoms with Gasteiger partial charge in [-0.2, -0.15) is 5.10 Å². The number of amides is 2. The van der Waals surface area contributed by atoms with Crippen LogP contribution in [0.15, 0.2) is 55.0 Å². The molecule has 178 valence electrons. The van der Waals surface area contributed by atoms with Crippen LogP contribution in [0.5, 0.6) is 0 Å². The van der Waals surface area contributed by atoms with Gasteiger partial charge in [0, 0.05) is 43.0 Å². The zero-order chi connectivity index (χ0) is 24.4. The molecule has 2 N–H and O–H groups in total. The highest BCUT2D eigenvalue weighted by molar-refractivity contribution is 6.11. The quantitative estimate of drug-likeness (QED) is 0.447. The van der Waals surface area contributed by atoms with E-state index in [1.54, 1.807) is 17.0 Å². The van der Waals surface area contributed by atoms with E-state index in [9.17, 15) is 9.59 Å². The monoisotopic (exact) mass is 469 g/mol. The standard InChI is InChI=1S/C26H27N7O2/c1-32(2)16-17-11-19(14-27-13-17)18-5-7-22-21(12-18)24(31-30-22)25(34)29-20-6-8-23(28-15-20)26(35)33-9-3-4-10-33/h5-8,11-15H,3-4,9-10,16H2,1-2H3,(H,29,34)(H,30,31). The van der Waals surface area contributed by atoms with Crippen molar-refractivity contribution >= 4 is 28.4 Å². The van der Waals surface area contributed by atoms with Crippen LogP contribution in [0.25, 0.3) is 22.0 Å². The summed E-state index contributed by atoms with van der Waals surface area (Å²) in [6.45, 7) is 2.32. The van der Waals surface area contributed by atoms with Crippen molar-refractivity contribution in [3.05, 3.63) is 71.9 Å². The maximum Gasteiger partial charge on any atom is 0.276 e. The fourth-order valence-corrected chi connectivity index (χ4v) is 4.33. The molecule has 1 fully saturated rings. The third-order valence-corrected chi connectivity index (χ3v) is 6.04. The Morgan fingerprint density at radius 1 is 1.03 bits per heavy atom. The summed E-state index contributed by atoms with van der Waals surface area (Å²) in [4.78, 5) is 38.0. The number of rotatable bonds is 6. The van der Waals surface area contributed by atoms with Gasteiger partial charge < -0.3 is 15.1 Å². The predicted octanol–water partition coefficient (Wildman–Crippen LogP) is 3.57. The highest BCUT2D eigenvalue weighted by Crippen LogP contribution is 2.26. The van der Waals surface area contributed by atoms with E-state index < -0.39 is 0 Å². The van der Waals surface area contributed by atoms with E-state index >= 15 is 0 Å². The first-order valence-electron chi connectivity index (χ1n) is 11.6. The first-order chi connectivity index (χ1) is 17.0. The molecule has 35 heavy (non-hydrogen) atoms. The molecule has 4 aromatic rings. The van der Waals surface area contributed by atoms with Gasteiger partial charge in [0.25, 0.3) is 11.8 Å². The molecule has 0 bridgehead atoms. The molecular formula is C26H27N7O2. The lowest BCUT2D eigenvalue weighted by Crippen LogP contribution is -2.28. The van der Waals surface area contributed by atoms with Crippen molar-refractivity contribution in [2.24, 2.45) is 0 Å². The molecule has 0 aliphatic carbocycles. The third-order valence-electron chi connectivity index (χ3n) is 6.04. The Labute approximate surface area is 203 Å². The number of H-pyrrole nitrogens is 1. The molecule has 9 nitrogen and oxygen atoms in total. The highest BCUT2D eigenvalue weighted by atomic mass is 16.2. The smallest absolute Gasteiger partial charge is 0.276 e. The van der Waals surface area contributed by atoms with Gasteiger partial charge in [-0.1, -0.05) is 6.07 Å². The normalized spacial score (nSPS) is 13.5. The molecule has 1 aliphatic heterocycles. The van der Waals surface area contributed by atoms with Gasteiger partial charge in [-0.3, -0.25) is 19.7 Å². The van der Waals surface area contributed by atoms with Crippen molar-refractivity contribution in [3.63, 3.8) is 0 Å². The van der Waals surface area contributed by atoms with E-state index in [-0.39, 0.29) is 17.5 Å². The summed E-state index contributed by atoms with van der Waals surface area (Å²) >= 11 is 0. The van der Waals surface area contributed by atoms with E-state index in [2.05, 4.69) is 36.4 Å². The Hall–Kier alpha value is -4.11. The molecule has 9 heteroatoms. The summed E-state index contributed by atoms with van der Waals surface area (Å²) in [6, 6.07) is 11.3. The third kappa shape index (κ3) is 4.90. The van der Waals surface area contributed by atoms with Gasteiger partial charge in [0.05, 0.1) is 17.4 Å². The molecule has 1 saturated heterocycles. The SMILES string of the molecule is CN(C)Cc1cncc(-c2ccc3[nH]nc(C(=O)Nc4ccc(C(=O)N5CCCC5)nc4)c3c2)c1. The average Bonchev–Trinajstić information content (AvgIpc) is 3.54. The largest absolute Gasteiger partial charge is 0.337 e. The van der Waals surface area contributed by atoms with E-state index in [4.69, 9.17) is 0 Å². The summed E-state index contributed by atoms with van der Waals surface area (Å²) in [5.74, 6) is -0.427. The number of pyridine rings is 2. The lowest BCUT2D eigenvalue weighted by molar-refractivity contribution is 0.0787.